The number of hydrogen-bond donors (Lipinski definition) is 1. The van der Waals surface area contributed by atoms with Crippen LogP contribution in [0.15, 0.2) is 12.1 Å². The van der Waals surface area contributed by atoms with Crippen LogP contribution in [0, 0.1) is 16.3 Å². The molecule has 14 heavy (non-hydrogen) atoms. The average Bonchev–Trinajstić information content (AvgIpc) is 2.07. The Bertz CT molecular complexity index is 372. The molecule has 1 N–H and O–H groups in total. The third kappa shape index (κ3) is 1.56. The van der Waals surface area contributed by atoms with Gasteiger partial charge in [0.1, 0.15) is 5.82 Å². The van der Waals surface area contributed by atoms with E-state index in [1.54, 1.807) is 19.1 Å². The lowest BCUT2D eigenvalue weighted by molar-refractivity contribution is -0.0417. The SMILES string of the molecule is Cc1cc(I)cc(C2(O)CCC2)c1F. The predicted octanol–water partition coefficient (Wildman–Crippen LogP) is 3.11. The van der Waals surface area contributed by atoms with Gasteiger partial charge in [-0.15, -0.1) is 0 Å². The van der Waals surface area contributed by atoms with Crippen molar-refractivity contribution in [2.75, 3.05) is 0 Å². The van der Waals surface area contributed by atoms with Crippen LogP contribution in [0.2, 0.25) is 0 Å². The van der Waals surface area contributed by atoms with E-state index in [-0.39, 0.29) is 5.82 Å². The highest BCUT2D eigenvalue weighted by molar-refractivity contribution is 14.1. The van der Waals surface area contributed by atoms with E-state index in [4.69, 9.17) is 0 Å². The Morgan fingerprint density at radius 1 is 1.43 bits per heavy atom. The van der Waals surface area contributed by atoms with E-state index < -0.39 is 5.60 Å². The quantitative estimate of drug-likeness (QED) is 0.791. The van der Waals surface area contributed by atoms with Crippen LogP contribution < -0.4 is 0 Å². The minimum Gasteiger partial charge on any atom is -0.385 e. The summed E-state index contributed by atoms with van der Waals surface area (Å²) in [5.74, 6) is -0.243. The van der Waals surface area contributed by atoms with Crippen LogP contribution in [-0.2, 0) is 5.60 Å². The normalized spacial score (nSPS) is 19.1. The molecular formula is C11H12FIO. The van der Waals surface area contributed by atoms with E-state index in [2.05, 4.69) is 22.6 Å². The zero-order chi connectivity index (χ0) is 10.3. The number of aliphatic hydroxyl groups is 1. The summed E-state index contributed by atoms with van der Waals surface area (Å²) in [5, 5.41) is 10.1. The predicted molar refractivity (Wildman–Crippen MR) is 61.6 cm³/mol. The van der Waals surface area contributed by atoms with Gasteiger partial charge in [-0.25, -0.2) is 4.39 Å². The lowest BCUT2D eigenvalue weighted by atomic mass is 9.74. The highest BCUT2D eigenvalue weighted by Gasteiger charge is 2.38. The summed E-state index contributed by atoms with van der Waals surface area (Å²) in [5.41, 5.74) is 0.205. The maximum absolute atomic E-state index is 13.7. The second-order valence-electron chi connectivity index (χ2n) is 3.97. The lowest BCUT2D eigenvalue weighted by Crippen LogP contribution is -2.34. The Balaban J connectivity index is 2.51. The van der Waals surface area contributed by atoms with Crippen molar-refractivity contribution in [2.24, 2.45) is 0 Å². The van der Waals surface area contributed by atoms with Gasteiger partial charge in [0, 0.05) is 9.13 Å². The summed E-state index contributed by atoms with van der Waals surface area (Å²) in [6, 6.07) is 3.55. The molecule has 1 aromatic carbocycles. The fourth-order valence-corrected chi connectivity index (χ4v) is 2.62. The van der Waals surface area contributed by atoms with E-state index in [1.165, 1.54) is 0 Å². The van der Waals surface area contributed by atoms with Crippen LogP contribution in [0.4, 0.5) is 4.39 Å². The number of hydrogen-bond acceptors (Lipinski definition) is 1. The Hall–Kier alpha value is -0.160. The minimum absolute atomic E-state index is 0.243. The lowest BCUT2D eigenvalue weighted by Gasteiger charge is -2.37. The van der Waals surface area contributed by atoms with E-state index in [9.17, 15) is 9.50 Å². The van der Waals surface area contributed by atoms with Crippen molar-refractivity contribution >= 4 is 22.6 Å². The zero-order valence-electron chi connectivity index (χ0n) is 7.98. The topological polar surface area (TPSA) is 20.2 Å². The van der Waals surface area contributed by atoms with Gasteiger partial charge in [0.2, 0.25) is 0 Å². The second-order valence-corrected chi connectivity index (χ2v) is 5.21. The summed E-state index contributed by atoms with van der Waals surface area (Å²) in [6.45, 7) is 1.74. The van der Waals surface area contributed by atoms with Gasteiger partial charge in [-0.2, -0.15) is 0 Å². The molecule has 1 saturated carbocycles. The first-order valence-electron chi connectivity index (χ1n) is 4.71. The van der Waals surface area contributed by atoms with E-state index in [1.807, 2.05) is 0 Å². The van der Waals surface area contributed by atoms with Crippen molar-refractivity contribution in [2.45, 2.75) is 31.8 Å². The van der Waals surface area contributed by atoms with Crippen molar-refractivity contribution in [1.29, 1.82) is 0 Å². The maximum atomic E-state index is 13.7. The van der Waals surface area contributed by atoms with Crippen LogP contribution in [0.25, 0.3) is 0 Å². The molecule has 0 aliphatic heterocycles. The monoisotopic (exact) mass is 306 g/mol. The molecule has 1 fully saturated rings. The maximum Gasteiger partial charge on any atom is 0.132 e. The Labute approximate surface area is 96.5 Å². The van der Waals surface area contributed by atoms with Crippen molar-refractivity contribution in [3.05, 3.63) is 32.6 Å². The number of aryl methyl sites for hydroxylation is 1. The smallest absolute Gasteiger partial charge is 0.132 e. The van der Waals surface area contributed by atoms with Crippen LogP contribution in [-0.4, -0.2) is 5.11 Å². The van der Waals surface area contributed by atoms with Crippen molar-refractivity contribution in [3.63, 3.8) is 0 Å². The van der Waals surface area contributed by atoms with E-state index in [0.29, 0.717) is 24.0 Å². The first kappa shape index (κ1) is 10.4. The first-order valence-corrected chi connectivity index (χ1v) is 5.79. The first-order chi connectivity index (χ1) is 6.53. The van der Waals surface area contributed by atoms with Crippen LogP contribution in [0.3, 0.4) is 0 Å². The zero-order valence-corrected chi connectivity index (χ0v) is 10.1. The van der Waals surface area contributed by atoms with Gasteiger partial charge in [-0.1, -0.05) is 0 Å². The van der Waals surface area contributed by atoms with E-state index in [0.717, 1.165) is 9.99 Å². The van der Waals surface area contributed by atoms with Crippen molar-refractivity contribution in [1.82, 2.24) is 0 Å². The van der Waals surface area contributed by atoms with Crippen LogP contribution in [0.5, 0.6) is 0 Å². The largest absolute Gasteiger partial charge is 0.385 e. The summed E-state index contributed by atoms with van der Waals surface area (Å²) >= 11 is 2.15. The number of halogens is 2. The van der Waals surface area contributed by atoms with Gasteiger partial charge in [-0.05, 0) is 66.5 Å². The summed E-state index contributed by atoms with van der Waals surface area (Å²) in [6.07, 6.45) is 2.35. The fraction of sp³-hybridized carbons (Fsp3) is 0.455. The highest BCUT2D eigenvalue weighted by Crippen LogP contribution is 2.42. The van der Waals surface area contributed by atoms with Crippen molar-refractivity contribution in [3.8, 4) is 0 Å². The van der Waals surface area contributed by atoms with Gasteiger partial charge >= 0.3 is 0 Å². The molecule has 2 rings (SSSR count). The Kier molecular flexibility index (Phi) is 2.55. The molecule has 0 heterocycles. The fourth-order valence-electron chi connectivity index (χ4n) is 1.85. The molecule has 0 spiro atoms. The third-order valence-corrected chi connectivity index (χ3v) is 3.52. The average molecular weight is 306 g/mol. The molecular weight excluding hydrogens is 294 g/mol. The third-order valence-electron chi connectivity index (χ3n) is 2.90. The summed E-state index contributed by atoms with van der Waals surface area (Å²) in [4.78, 5) is 0. The molecule has 0 radical (unpaired) electrons. The Morgan fingerprint density at radius 2 is 2.07 bits per heavy atom. The molecule has 3 heteroatoms. The van der Waals surface area contributed by atoms with Crippen LogP contribution in [0.1, 0.15) is 30.4 Å². The summed E-state index contributed by atoms with van der Waals surface area (Å²) in [7, 11) is 0. The molecule has 1 aromatic rings. The number of benzene rings is 1. The van der Waals surface area contributed by atoms with Gasteiger partial charge in [-0.3, -0.25) is 0 Å². The van der Waals surface area contributed by atoms with Gasteiger partial charge in [0.25, 0.3) is 0 Å². The van der Waals surface area contributed by atoms with Gasteiger partial charge in [0.15, 0.2) is 0 Å². The molecule has 1 aliphatic rings. The molecule has 1 nitrogen and oxygen atoms in total. The van der Waals surface area contributed by atoms with Gasteiger partial charge < -0.3 is 5.11 Å². The summed E-state index contributed by atoms with van der Waals surface area (Å²) < 4.78 is 14.7. The highest BCUT2D eigenvalue weighted by atomic mass is 127. The van der Waals surface area contributed by atoms with E-state index >= 15 is 0 Å². The Morgan fingerprint density at radius 3 is 2.57 bits per heavy atom. The number of rotatable bonds is 1. The standard InChI is InChI=1S/C11H12FIO/c1-7-5-8(13)6-9(10(7)12)11(14)3-2-4-11/h5-6,14H,2-4H2,1H3. The minimum atomic E-state index is -0.893. The molecule has 0 unspecified atom stereocenters. The molecule has 0 atom stereocenters. The molecule has 76 valence electrons. The van der Waals surface area contributed by atoms with Crippen LogP contribution >= 0.6 is 22.6 Å². The second kappa shape index (κ2) is 3.45. The molecule has 0 saturated heterocycles. The molecule has 0 aromatic heterocycles. The molecule has 0 amide bonds. The molecule has 1 aliphatic carbocycles. The van der Waals surface area contributed by atoms with Crippen molar-refractivity contribution < 1.29 is 9.50 Å². The van der Waals surface area contributed by atoms with Gasteiger partial charge in [0.05, 0.1) is 5.60 Å². The molecule has 0 bridgehead atoms.